The Hall–Kier alpha value is -1.10. The highest BCUT2D eigenvalue weighted by molar-refractivity contribution is 14.0. The Balaban J connectivity index is 0.00000576. The van der Waals surface area contributed by atoms with Gasteiger partial charge in [0.2, 0.25) is 11.8 Å². The van der Waals surface area contributed by atoms with Gasteiger partial charge in [0.15, 0.2) is 5.96 Å². The Kier molecular flexibility index (Phi) is 11.0. The monoisotopic (exact) mass is 469 g/mol. The van der Waals surface area contributed by atoms with Crippen LogP contribution in [0.1, 0.15) is 26.7 Å². The highest BCUT2D eigenvalue weighted by Crippen LogP contribution is 2.13. The summed E-state index contributed by atoms with van der Waals surface area (Å²) in [5.41, 5.74) is -0.591. The number of guanidine groups is 1. The van der Waals surface area contributed by atoms with Gasteiger partial charge in [-0.2, -0.15) is 0 Å². The topological polar surface area (TPSA) is 95.1 Å². The van der Waals surface area contributed by atoms with E-state index in [2.05, 4.69) is 20.9 Å². The van der Waals surface area contributed by atoms with E-state index in [1.807, 2.05) is 13.8 Å². The van der Waals surface area contributed by atoms with Gasteiger partial charge in [0, 0.05) is 40.8 Å². The van der Waals surface area contributed by atoms with Gasteiger partial charge in [-0.25, -0.2) is 4.99 Å². The lowest BCUT2D eigenvalue weighted by molar-refractivity contribution is -0.128. The SMILES string of the molecule is CNC(=O)C(C)(C)CNC(=NCC(=O)N(C)C)NCC1CCCO1.I. The van der Waals surface area contributed by atoms with Crippen LogP contribution in [0.4, 0.5) is 0 Å². The minimum absolute atomic E-state index is 0. The molecule has 25 heavy (non-hydrogen) atoms. The van der Waals surface area contributed by atoms with Crippen LogP contribution in [0.5, 0.6) is 0 Å². The first kappa shape index (κ1) is 23.9. The molecule has 1 unspecified atom stereocenters. The van der Waals surface area contributed by atoms with Gasteiger partial charge in [-0.3, -0.25) is 9.59 Å². The maximum absolute atomic E-state index is 11.9. The summed E-state index contributed by atoms with van der Waals surface area (Å²) in [6, 6.07) is 0. The maximum atomic E-state index is 11.9. The van der Waals surface area contributed by atoms with Crippen molar-refractivity contribution in [2.24, 2.45) is 10.4 Å². The number of carbonyl (C=O) groups excluding carboxylic acids is 2. The lowest BCUT2D eigenvalue weighted by Gasteiger charge is -2.24. The number of hydrogen-bond acceptors (Lipinski definition) is 4. The number of amides is 2. The number of hydrogen-bond donors (Lipinski definition) is 3. The van der Waals surface area contributed by atoms with Crippen molar-refractivity contribution in [3.63, 3.8) is 0 Å². The second-order valence-corrected chi connectivity index (χ2v) is 6.79. The van der Waals surface area contributed by atoms with Crippen LogP contribution in [0.25, 0.3) is 0 Å². The molecule has 1 aliphatic rings. The third-order valence-corrected chi connectivity index (χ3v) is 3.93. The molecular weight excluding hydrogens is 437 g/mol. The Morgan fingerprint density at radius 2 is 1.96 bits per heavy atom. The molecule has 9 heteroatoms. The smallest absolute Gasteiger partial charge is 0.243 e. The molecule has 0 saturated carbocycles. The van der Waals surface area contributed by atoms with Gasteiger partial charge in [-0.1, -0.05) is 0 Å². The van der Waals surface area contributed by atoms with Gasteiger partial charge in [0.1, 0.15) is 6.54 Å². The molecule has 0 aromatic heterocycles. The van der Waals surface area contributed by atoms with E-state index in [0.29, 0.717) is 19.0 Å². The van der Waals surface area contributed by atoms with Crippen LogP contribution in [0.2, 0.25) is 0 Å². The number of carbonyl (C=O) groups is 2. The number of nitrogens with one attached hydrogen (secondary N) is 3. The largest absolute Gasteiger partial charge is 0.376 e. The summed E-state index contributed by atoms with van der Waals surface area (Å²) in [7, 11) is 5.00. The highest BCUT2D eigenvalue weighted by Gasteiger charge is 2.27. The van der Waals surface area contributed by atoms with E-state index in [1.165, 1.54) is 4.90 Å². The van der Waals surface area contributed by atoms with Crippen molar-refractivity contribution in [2.45, 2.75) is 32.8 Å². The molecule has 1 rings (SSSR count). The number of aliphatic imine (C=N–C) groups is 1. The summed E-state index contributed by atoms with van der Waals surface area (Å²) in [4.78, 5) is 29.4. The lowest BCUT2D eigenvalue weighted by atomic mass is 9.92. The molecule has 2 amide bonds. The molecule has 1 aliphatic heterocycles. The molecule has 0 radical (unpaired) electrons. The van der Waals surface area contributed by atoms with E-state index in [1.54, 1.807) is 21.1 Å². The summed E-state index contributed by atoms with van der Waals surface area (Å²) in [6.45, 7) is 5.56. The molecule has 0 aliphatic carbocycles. The molecule has 1 saturated heterocycles. The average molecular weight is 469 g/mol. The Bertz CT molecular complexity index is 463. The predicted octanol–water partition coefficient (Wildman–Crippen LogP) is 0.179. The summed E-state index contributed by atoms with van der Waals surface area (Å²) in [6.07, 6.45) is 2.24. The predicted molar refractivity (Wildman–Crippen MR) is 109 cm³/mol. The zero-order chi connectivity index (χ0) is 18.2. The van der Waals surface area contributed by atoms with Gasteiger partial charge in [0.05, 0.1) is 11.5 Å². The summed E-state index contributed by atoms with van der Waals surface area (Å²) in [5.74, 6) is 0.370. The fourth-order valence-corrected chi connectivity index (χ4v) is 2.20. The molecule has 146 valence electrons. The lowest BCUT2D eigenvalue weighted by Crippen LogP contribution is -2.48. The first-order valence-electron chi connectivity index (χ1n) is 8.32. The van der Waals surface area contributed by atoms with Crippen molar-refractivity contribution in [1.82, 2.24) is 20.9 Å². The molecule has 0 aromatic rings. The summed E-state index contributed by atoms with van der Waals surface area (Å²) < 4.78 is 5.58. The molecule has 8 nitrogen and oxygen atoms in total. The van der Waals surface area contributed by atoms with E-state index in [0.717, 1.165) is 19.4 Å². The molecule has 1 fully saturated rings. The van der Waals surface area contributed by atoms with Crippen LogP contribution in [0.15, 0.2) is 4.99 Å². The van der Waals surface area contributed by atoms with E-state index in [9.17, 15) is 9.59 Å². The van der Waals surface area contributed by atoms with Crippen LogP contribution in [0, 0.1) is 5.41 Å². The number of likely N-dealkylation sites (N-methyl/N-ethyl adjacent to an activating group) is 1. The summed E-state index contributed by atoms with van der Waals surface area (Å²) >= 11 is 0. The third-order valence-electron chi connectivity index (χ3n) is 3.93. The zero-order valence-corrected chi connectivity index (χ0v) is 18.2. The van der Waals surface area contributed by atoms with Crippen LogP contribution >= 0.6 is 24.0 Å². The standard InChI is InChI=1S/C16H31N5O3.HI/c1-16(2,14(23)17-3)11-20-15(19-10-13(22)21(4)5)18-9-12-7-6-8-24-12;/h12H,6-11H2,1-5H3,(H,17,23)(H2,18,19,20);1H. The molecule has 1 atom stereocenters. The quantitative estimate of drug-likeness (QED) is 0.281. The first-order chi connectivity index (χ1) is 11.3. The van der Waals surface area contributed by atoms with Crippen LogP contribution < -0.4 is 16.0 Å². The minimum atomic E-state index is -0.591. The fourth-order valence-electron chi connectivity index (χ4n) is 2.20. The van der Waals surface area contributed by atoms with Crippen molar-refractivity contribution in [2.75, 3.05) is 47.4 Å². The molecule has 0 aromatic carbocycles. The number of rotatable bonds is 7. The zero-order valence-electron chi connectivity index (χ0n) is 15.8. The van der Waals surface area contributed by atoms with Crippen molar-refractivity contribution < 1.29 is 14.3 Å². The van der Waals surface area contributed by atoms with E-state index < -0.39 is 5.41 Å². The molecular formula is C16H32IN5O3. The van der Waals surface area contributed by atoms with Gasteiger partial charge in [-0.05, 0) is 26.7 Å². The third kappa shape index (κ3) is 8.70. The van der Waals surface area contributed by atoms with Crippen molar-refractivity contribution >= 4 is 41.8 Å². The molecule has 1 heterocycles. The van der Waals surface area contributed by atoms with Crippen molar-refractivity contribution in [3.8, 4) is 0 Å². The van der Waals surface area contributed by atoms with Crippen LogP contribution in [0.3, 0.4) is 0 Å². The van der Waals surface area contributed by atoms with Crippen molar-refractivity contribution in [1.29, 1.82) is 0 Å². The normalized spacial score (nSPS) is 17.5. The Labute approximate surface area is 167 Å². The highest BCUT2D eigenvalue weighted by atomic mass is 127. The van der Waals surface area contributed by atoms with Crippen molar-refractivity contribution in [3.05, 3.63) is 0 Å². The van der Waals surface area contributed by atoms with Gasteiger partial charge >= 0.3 is 0 Å². The second-order valence-electron chi connectivity index (χ2n) is 6.79. The van der Waals surface area contributed by atoms with E-state index in [4.69, 9.17) is 4.74 Å². The van der Waals surface area contributed by atoms with E-state index >= 15 is 0 Å². The molecule has 3 N–H and O–H groups in total. The maximum Gasteiger partial charge on any atom is 0.243 e. The summed E-state index contributed by atoms with van der Waals surface area (Å²) in [5, 5.41) is 8.99. The number of ether oxygens (including phenoxy) is 1. The van der Waals surface area contributed by atoms with E-state index in [-0.39, 0.29) is 48.4 Å². The minimum Gasteiger partial charge on any atom is -0.376 e. The fraction of sp³-hybridized carbons (Fsp3) is 0.812. The Morgan fingerprint density at radius 1 is 1.28 bits per heavy atom. The van der Waals surface area contributed by atoms with Gasteiger partial charge < -0.3 is 25.6 Å². The average Bonchev–Trinajstić information content (AvgIpc) is 3.06. The number of nitrogens with zero attached hydrogens (tertiary/aromatic N) is 2. The first-order valence-corrected chi connectivity index (χ1v) is 8.32. The molecule has 0 spiro atoms. The van der Waals surface area contributed by atoms with Crippen LogP contribution in [-0.2, 0) is 14.3 Å². The van der Waals surface area contributed by atoms with Gasteiger partial charge in [-0.15, -0.1) is 24.0 Å². The number of halogens is 1. The molecule has 0 bridgehead atoms. The van der Waals surface area contributed by atoms with Gasteiger partial charge in [0.25, 0.3) is 0 Å². The second kappa shape index (κ2) is 11.5. The van der Waals surface area contributed by atoms with Crippen LogP contribution in [-0.4, -0.2) is 76.2 Å². The Morgan fingerprint density at radius 3 is 2.48 bits per heavy atom.